The van der Waals surface area contributed by atoms with Crippen LogP contribution >= 0.6 is 0 Å². The van der Waals surface area contributed by atoms with Gasteiger partial charge in [-0.15, -0.1) is 0 Å². The number of aliphatic imine (C=N–C) groups is 1. The second-order valence-electron chi connectivity index (χ2n) is 5.37. The van der Waals surface area contributed by atoms with Gasteiger partial charge in [-0.2, -0.15) is 0 Å². The van der Waals surface area contributed by atoms with Crippen molar-refractivity contribution in [2.24, 2.45) is 4.99 Å². The molecule has 2 heterocycles. The van der Waals surface area contributed by atoms with Crippen LogP contribution in [-0.2, 0) is 0 Å². The standard InChI is InChI=1S/C17H16N4O/c22-13-5-2-11(3-6-13)17-20-14-7-4-12(10-15(14)21-17)16-18-8-1-9-19-16/h2-7,10,22H,1,8-9H2,(H,18,19)(H,20,21). The maximum atomic E-state index is 9.37. The number of benzene rings is 2. The molecule has 0 spiro atoms. The van der Waals surface area contributed by atoms with E-state index in [2.05, 4.69) is 26.3 Å². The number of nitrogens with one attached hydrogen (secondary N) is 2. The number of rotatable bonds is 2. The molecule has 5 heteroatoms. The van der Waals surface area contributed by atoms with Crippen molar-refractivity contribution >= 4 is 16.9 Å². The molecular formula is C17H16N4O. The van der Waals surface area contributed by atoms with Crippen LogP contribution in [0.15, 0.2) is 47.5 Å². The summed E-state index contributed by atoms with van der Waals surface area (Å²) < 4.78 is 0. The third kappa shape index (κ3) is 2.30. The van der Waals surface area contributed by atoms with Gasteiger partial charge in [0.25, 0.3) is 0 Å². The first-order chi connectivity index (χ1) is 10.8. The molecule has 4 rings (SSSR count). The second kappa shape index (κ2) is 5.18. The number of hydrogen-bond acceptors (Lipinski definition) is 4. The molecule has 0 saturated carbocycles. The molecule has 3 N–H and O–H groups in total. The lowest BCUT2D eigenvalue weighted by Gasteiger charge is -2.14. The van der Waals surface area contributed by atoms with E-state index in [4.69, 9.17) is 0 Å². The maximum absolute atomic E-state index is 9.37. The maximum Gasteiger partial charge on any atom is 0.138 e. The van der Waals surface area contributed by atoms with Crippen LogP contribution in [0.2, 0.25) is 0 Å². The smallest absolute Gasteiger partial charge is 0.138 e. The summed E-state index contributed by atoms with van der Waals surface area (Å²) in [6, 6.07) is 13.1. The van der Waals surface area contributed by atoms with Crippen molar-refractivity contribution in [3.8, 4) is 17.1 Å². The number of fused-ring (bicyclic) bond motifs is 1. The summed E-state index contributed by atoms with van der Waals surface area (Å²) in [7, 11) is 0. The van der Waals surface area contributed by atoms with Gasteiger partial charge in [0, 0.05) is 24.2 Å². The third-order valence-electron chi connectivity index (χ3n) is 3.79. The first kappa shape index (κ1) is 12.9. The minimum Gasteiger partial charge on any atom is -0.508 e. The zero-order chi connectivity index (χ0) is 14.9. The molecule has 0 bridgehead atoms. The van der Waals surface area contributed by atoms with Crippen LogP contribution in [0.25, 0.3) is 22.4 Å². The topological polar surface area (TPSA) is 73.3 Å². The fraction of sp³-hybridized carbons (Fsp3) is 0.176. The van der Waals surface area contributed by atoms with Crippen molar-refractivity contribution < 1.29 is 5.11 Å². The Morgan fingerprint density at radius 2 is 1.82 bits per heavy atom. The predicted octanol–water partition coefficient (Wildman–Crippen LogP) is 2.68. The van der Waals surface area contributed by atoms with Crippen molar-refractivity contribution in [1.29, 1.82) is 0 Å². The molecule has 0 fully saturated rings. The summed E-state index contributed by atoms with van der Waals surface area (Å²) >= 11 is 0. The normalized spacial score (nSPS) is 14.6. The molecule has 1 aliphatic rings. The zero-order valence-corrected chi connectivity index (χ0v) is 12.0. The summed E-state index contributed by atoms with van der Waals surface area (Å²) in [5, 5.41) is 12.7. The summed E-state index contributed by atoms with van der Waals surface area (Å²) in [4.78, 5) is 12.5. The van der Waals surface area contributed by atoms with Crippen molar-refractivity contribution in [2.45, 2.75) is 6.42 Å². The van der Waals surface area contributed by atoms with Gasteiger partial charge in [-0.05, 0) is 48.9 Å². The van der Waals surface area contributed by atoms with Crippen molar-refractivity contribution in [2.75, 3.05) is 13.1 Å². The molecular weight excluding hydrogens is 276 g/mol. The molecule has 0 radical (unpaired) electrons. The lowest BCUT2D eigenvalue weighted by molar-refractivity contribution is 0.475. The number of nitrogens with zero attached hydrogens (tertiary/aromatic N) is 2. The number of aromatic nitrogens is 2. The van der Waals surface area contributed by atoms with Crippen molar-refractivity contribution in [1.82, 2.24) is 15.3 Å². The molecule has 0 atom stereocenters. The Labute approximate surface area is 127 Å². The summed E-state index contributed by atoms with van der Waals surface area (Å²) in [6.07, 6.45) is 1.08. The Morgan fingerprint density at radius 1 is 1.00 bits per heavy atom. The Kier molecular flexibility index (Phi) is 3.04. The van der Waals surface area contributed by atoms with Gasteiger partial charge in [0.15, 0.2) is 0 Å². The highest BCUT2D eigenvalue weighted by atomic mass is 16.3. The van der Waals surface area contributed by atoms with E-state index in [9.17, 15) is 5.11 Å². The van der Waals surface area contributed by atoms with Crippen LogP contribution in [0, 0.1) is 0 Å². The Bertz CT molecular complexity index is 849. The molecule has 0 unspecified atom stereocenters. The van der Waals surface area contributed by atoms with E-state index in [0.717, 1.165) is 53.3 Å². The van der Waals surface area contributed by atoms with Crippen molar-refractivity contribution in [3.63, 3.8) is 0 Å². The fourth-order valence-corrected chi connectivity index (χ4v) is 2.64. The monoisotopic (exact) mass is 292 g/mol. The van der Waals surface area contributed by atoms with Crippen molar-refractivity contribution in [3.05, 3.63) is 48.0 Å². The lowest BCUT2D eigenvalue weighted by Crippen LogP contribution is -2.30. The number of imidazole rings is 1. The van der Waals surface area contributed by atoms with Gasteiger partial charge in [-0.25, -0.2) is 4.98 Å². The highest BCUT2D eigenvalue weighted by Gasteiger charge is 2.10. The number of amidine groups is 1. The van der Waals surface area contributed by atoms with E-state index in [1.807, 2.05) is 24.3 Å². The van der Waals surface area contributed by atoms with Crippen LogP contribution in [0.5, 0.6) is 5.75 Å². The molecule has 5 nitrogen and oxygen atoms in total. The minimum absolute atomic E-state index is 0.253. The zero-order valence-electron chi connectivity index (χ0n) is 12.0. The number of hydrogen-bond donors (Lipinski definition) is 3. The summed E-state index contributed by atoms with van der Waals surface area (Å²) in [6.45, 7) is 1.85. The van der Waals surface area contributed by atoms with Crippen LogP contribution in [0.3, 0.4) is 0 Å². The number of aromatic hydroxyl groups is 1. The van der Waals surface area contributed by atoms with E-state index < -0.39 is 0 Å². The average Bonchev–Trinajstić information content (AvgIpc) is 2.99. The Balaban J connectivity index is 1.74. The Hall–Kier alpha value is -2.82. The molecule has 3 aromatic rings. The number of aromatic amines is 1. The molecule has 0 saturated heterocycles. The average molecular weight is 292 g/mol. The van der Waals surface area contributed by atoms with E-state index in [0.29, 0.717) is 0 Å². The van der Waals surface area contributed by atoms with Gasteiger partial charge in [-0.1, -0.05) is 0 Å². The van der Waals surface area contributed by atoms with E-state index >= 15 is 0 Å². The number of phenols is 1. The molecule has 0 aliphatic carbocycles. The van der Waals surface area contributed by atoms with Crippen LogP contribution < -0.4 is 5.32 Å². The van der Waals surface area contributed by atoms with E-state index in [1.54, 1.807) is 12.1 Å². The highest BCUT2D eigenvalue weighted by Crippen LogP contribution is 2.23. The van der Waals surface area contributed by atoms with Gasteiger partial charge in [0.05, 0.1) is 11.0 Å². The molecule has 0 amide bonds. The van der Waals surface area contributed by atoms with Gasteiger partial charge >= 0.3 is 0 Å². The van der Waals surface area contributed by atoms with Gasteiger partial charge < -0.3 is 15.4 Å². The molecule has 22 heavy (non-hydrogen) atoms. The minimum atomic E-state index is 0.253. The second-order valence-corrected chi connectivity index (χ2v) is 5.37. The fourth-order valence-electron chi connectivity index (χ4n) is 2.64. The third-order valence-corrected chi connectivity index (χ3v) is 3.79. The summed E-state index contributed by atoms with van der Waals surface area (Å²) in [5.74, 6) is 2.00. The van der Waals surface area contributed by atoms with Crippen LogP contribution in [0.4, 0.5) is 0 Å². The SMILES string of the molecule is Oc1ccc(-c2nc3ccc(C4=NCCCN4)cc3[nH]2)cc1. The van der Waals surface area contributed by atoms with Gasteiger partial charge in [0.2, 0.25) is 0 Å². The summed E-state index contributed by atoms with van der Waals surface area (Å²) in [5.41, 5.74) is 3.93. The van der Waals surface area contributed by atoms with Crippen LogP contribution in [-0.4, -0.2) is 34.0 Å². The van der Waals surface area contributed by atoms with Crippen LogP contribution in [0.1, 0.15) is 12.0 Å². The van der Waals surface area contributed by atoms with Gasteiger partial charge in [0.1, 0.15) is 17.4 Å². The quantitative estimate of drug-likeness (QED) is 0.680. The molecule has 2 aromatic carbocycles. The van der Waals surface area contributed by atoms with E-state index in [-0.39, 0.29) is 5.75 Å². The molecule has 1 aliphatic heterocycles. The number of H-pyrrole nitrogens is 1. The van der Waals surface area contributed by atoms with Gasteiger partial charge in [-0.3, -0.25) is 4.99 Å². The first-order valence-corrected chi connectivity index (χ1v) is 7.37. The highest BCUT2D eigenvalue weighted by molar-refractivity contribution is 6.01. The van der Waals surface area contributed by atoms with E-state index in [1.165, 1.54) is 0 Å². The Morgan fingerprint density at radius 3 is 2.59 bits per heavy atom. The molecule has 110 valence electrons. The number of phenolic OH excluding ortho intramolecular Hbond substituents is 1. The largest absolute Gasteiger partial charge is 0.508 e. The predicted molar refractivity (Wildman–Crippen MR) is 87.2 cm³/mol. The lowest BCUT2D eigenvalue weighted by atomic mass is 10.1. The molecule has 1 aromatic heterocycles. The first-order valence-electron chi connectivity index (χ1n) is 7.37.